The first-order valence-corrected chi connectivity index (χ1v) is 4.65. The van der Waals surface area contributed by atoms with E-state index in [-0.39, 0.29) is 6.04 Å². The molecular weight excluding hydrogens is 218 g/mol. The van der Waals surface area contributed by atoms with Gasteiger partial charge >= 0.3 is 0 Å². The fraction of sp³-hybridized carbons (Fsp3) is 0.333. The van der Waals surface area contributed by atoms with Gasteiger partial charge in [0.1, 0.15) is 5.76 Å². The van der Waals surface area contributed by atoms with Gasteiger partial charge in [0.05, 0.1) is 6.04 Å². The van der Waals surface area contributed by atoms with Crippen molar-refractivity contribution in [3.63, 3.8) is 0 Å². The maximum atomic E-state index is 5.83. The van der Waals surface area contributed by atoms with Crippen LogP contribution in [0.2, 0.25) is 0 Å². The maximum Gasteiger partial charge on any atom is 0.169 e. The minimum Gasteiger partial charge on any atom is -0.453 e. The van der Waals surface area contributed by atoms with E-state index in [4.69, 9.17) is 10.2 Å². The van der Waals surface area contributed by atoms with Crippen LogP contribution in [-0.2, 0) is 0 Å². The monoisotopic (exact) mass is 229 g/mol. The summed E-state index contributed by atoms with van der Waals surface area (Å²) in [6, 6.07) is 3.72. The molecule has 3 heteroatoms. The van der Waals surface area contributed by atoms with Gasteiger partial charge in [0.15, 0.2) is 4.67 Å². The summed E-state index contributed by atoms with van der Waals surface area (Å²) in [6.07, 6.45) is 3.65. The highest BCUT2D eigenvalue weighted by Crippen LogP contribution is 2.21. The van der Waals surface area contributed by atoms with Gasteiger partial charge in [0, 0.05) is 0 Å². The van der Waals surface area contributed by atoms with Gasteiger partial charge in [-0.2, -0.15) is 0 Å². The Labute approximate surface area is 80.6 Å². The lowest BCUT2D eigenvalue weighted by Crippen LogP contribution is -2.08. The maximum absolute atomic E-state index is 5.83. The molecule has 0 unspecified atom stereocenters. The SMILES string of the molecule is C=CCC[C@@H](N)c1ccc(Br)o1. The normalized spacial score (nSPS) is 12.8. The molecule has 66 valence electrons. The Kier molecular flexibility index (Phi) is 3.56. The Bertz CT molecular complexity index is 257. The van der Waals surface area contributed by atoms with Crippen LogP contribution in [0, 0.1) is 0 Å². The minimum absolute atomic E-state index is 0.0192. The highest BCUT2D eigenvalue weighted by Gasteiger charge is 2.08. The van der Waals surface area contributed by atoms with E-state index in [2.05, 4.69) is 22.5 Å². The molecule has 1 aromatic heterocycles. The van der Waals surface area contributed by atoms with Crippen molar-refractivity contribution in [2.75, 3.05) is 0 Å². The van der Waals surface area contributed by atoms with E-state index >= 15 is 0 Å². The van der Waals surface area contributed by atoms with Crippen molar-refractivity contribution in [1.29, 1.82) is 0 Å². The van der Waals surface area contributed by atoms with Crippen LogP contribution in [-0.4, -0.2) is 0 Å². The zero-order chi connectivity index (χ0) is 8.97. The van der Waals surface area contributed by atoms with Crippen LogP contribution in [0.25, 0.3) is 0 Å². The van der Waals surface area contributed by atoms with Gasteiger partial charge in [-0.3, -0.25) is 0 Å². The van der Waals surface area contributed by atoms with Crippen molar-refractivity contribution >= 4 is 15.9 Å². The molecule has 1 atom stereocenters. The van der Waals surface area contributed by atoms with E-state index in [9.17, 15) is 0 Å². The molecule has 1 heterocycles. The standard InChI is InChI=1S/C9H12BrNO/c1-2-3-4-7(11)8-5-6-9(10)12-8/h2,5-7H,1,3-4,11H2/t7-/m1/s1. The first kappa shape index (κ1) is 9.55. The van der Waals surface area contributed by atoms with E-state index in [1.807, 2.05) is 18.2 Å². The average molecular weight is 230 g/mol. The number of hydrogen-bond acceptors (Lipinski definition) is 2. The fourth-order valence-electron chi connectivity index (χ4n) is 0.967. The third kappa shape index (κ3) is 2.50. The van der Waals surface area contributed by atoms with Gasteiger partial charge in [-0.05, 0) is 40.9 Å². The second kappa shape index (κ2) is 4.48. The Morgan fingerprint density at radius 1 is 1.67 bits per heavy atom. The summed E-state index contributed by atoms with van der Waals surface area (Å²) in [5.41, 5.74) is 5.83. The molecule has 1 rings (SSSR count). The molecule has 0 saturated carbocycles. The smallest absolute Gasteiger partial charge is 0.169 e. The first-order chi connectivity index (χ1) is 5.74. The Balaban J connectivity index is 2.52. The number of nitrogens with two attached hydrogens (primary N) is 1. The molecule has 0 bridgehead atoms. The van der Waals surface area contributed by atoms with E-state index < -0.39 is 0 Å². The van der Waals surface area contributed by atoms with Crippen LogP contribution >= 0.6 is 15.9 Å². The van der Waals surface area contributed by atoms with Crippen molar-refractivity contribution in [2.45, 2.75) is 18.9 Å². The van der Waals surface area contributed by atoms with Crippen LogP contribution in [0.5, 0.6) is 0 Å². The third-order valence-corrected chi connectivity index (χ3v) is 2.07. The van der Waals surface area contributed by atoms with Gasteiger partial charge in [-0.15, -0.1) is 6.58 Å². The van der Waals surface area contributed by atoms with E-state index in [1.54, 1.807) is 0 Å². The fourth-order valence-corrected chi connectivity index (χ4v) is 1.29. The van der Waals surface area contributed by atoms with E-state index in [0.717, 1.165) is 23.3 Å². The summed E-state index contributed by atoms with van der Waals surface area (Å²) in [5.74, 6) is 0.823. The highest BCUT2D eigenvalue weighted by molar-refractivity contribution is 9.10. The molecule has 0 spiro atoms. The van der Waals surface area contributed by atoms with Crippen LogP contribution in [0.4, 0.5) is 0 Å². The predicted molar refractivity (Wildman–Crippen MR) is 52.8 cm³/mol. The number of halogens is 1. The summed E-state index contributed by atoms with van der Waals surface area (Å²) in [7, 11) is 0. The van der Waals surface area contributed by atoms with Crippen molar-refractivity contribution in [1.82, 2.24) is 0 Å². The predicted octanol–water partition coefficient (Wildman–Crippen LogP) is 3.01. The minimum atomic E-state index is -0.0192. The molecule has 0 amide bonds. The lowest BCUT2D eigenvalue weighted by atomic mass is 10.1. The lowest BCUT2D eigenvalue weighted by molar-refractivity contribution is 0.438. The highest BCUT2D eigenvalue weighted by atomic mass is 79.9. The Morgan fingerprint density at radius 3 is 2.92 bits per heavy atom. The second-order valence-corrected chi connectivity index (χ2v) is 3.40. The molecule has 2 N–H and O–H groups in total. The Morgan fingerprint density at radius 2 is 2.42 bits per heavy atom. The number of allylic oxidation sites excluding steroid dienone is 1. The molecule has 0 radical (unpaired) electrons. The zero-order valence-electron chi connectivity index (χ0n) is 6.79. The van der Waals surface area contributed by atoms with Crippen molar-refractivity contribution < 1.29 is 4.42 Å². The summed E-state index contributed by atoms with van der Waals surface area (Å²) in [4.78, 5) is 0. The van der Waals surface area contributed by atoms with E-state index in [0.29, 0.717) is 0 Å². The quantitative estimate of drug-likeness (QED) is 0.807. The summed E-state index contributed by atoms with van der Waals surface area (Å²) < 4.78 is 6.03. The van der Waals surface area contributed by atoms with Crippen LogP contribution < -0.4 is 5.73 Å². The third-order valence-electron chi connectivity index (χ3n) is 1.64. The average Bonchev–Trinajstić information content (AvgIpc) is 2.47. The van der Waals surface area contributed by atoms with E-state index in [1.165, 1.54) is 0 Å². The largest absolute Gasteiger partial charge is 0.453 e. The van der Waals surface area contributed by atoms with Crippen LogP contribution in [0.3, 0.4) is 0 Å². The summed E-state index contributed by atoms with van der Waals surface area (Å²) >= 11 is 3.23. The number of hydrogen-bond donors (Lipinski definition) is 1. The second-order valence-electron chi connectivity index (χ2n) is 2.61. The molecule has 0 aliphatic carbocycles. The van der Waals surface area contributed by atoms with Gasteiger partial charge in [0.2, 0.25) is 0 Å². The molecule has 0 aliphatic heterocycles. The molecule has 0 saturated heterocycles. The summed E-state index contributed by atoms with van der Waals surface area (Å²) in [6.45, 7) is 3.64. The number of rotatable bonds is 4. The van der Waals surface area contributed by atoms with Gasteiger partial charge < -0.3 is 10.2 Å². The molecule has 12 heavy (non-hydrogen) atoms. The molecule has 1 aromatic rings. The van der Waals surface area contributed by atoms with Crippen molar-refractivity contribution in [2.24, 2.45) is 5.73 Å². The van der Waals surface area contributed by atoms with Crippen LogP contribution in [0.1, 0.15) is 24.6 Å². The molecule has 0 aromatic carbocycles. The molecule has 0 aliphatic rings. The molecular formula is C9H12BrNO. The van der Waals surface area contributed by atoms with Crippen LogP contribution in [0.15, 0.2) is 33.9 Å². The Hall–Kier alpha value is -0.540. The van der Waals surface area contributed by atoms with Gasteiger partial charge in [-0.25, -0.2) is 0 Å². The van der Waals surface area contributed by atoms with Crippen molar-refractivity contribution in [3.05, 3.63) is 35.2 Å². The zero-order valence-corrected chi connectivity index (χ0v) is 8.38. The summed E-state index contributed by atoms with van der Waals surface area (Å²) in [5, 5.41) is 0. The first-order valence-electron chi connectivity index (χ1n) is 3.85. The van der Waals surface area contributed by atoms with Crippen molar-refractivity contribution in [3.8, 4) is 0 Å². The molecule has 0 fully saturated rings. The van der Waals surface area contributed by atoms with Gasteiger partial charge in [0.25, 0.3) is 0 Å². The number of furan rings is 1. The van der Waals surface area contributed by atoms with Gasteiger partial charge in [-0.1, -0.05) is 6.08 Å². The lowest BCUT2D eigenvalue weighted by Gasteiger charge is -2.05. The molecule has 2 nitrogen and oxygen atoms in total. The topological polar surface area (TPSA) is 39.2 Å².